The fourth-order valence-corrected chi connectivity index (χ4v) is 2.67. The van der Waals surface area contributed by atoms with Crippen molar-refractivity contribution in [2.24, 2.45) is 0 Å². The third-order valence-electron chi connectivity index (χ3n) is 4.24. The Hall–Kier alpha value is -3.66. The lowest BCUT2D eigenvalue weighted by Gasteiger charge is -2.07. The van der Waals surface area contributed by atoms with Gasteiger partial charge in [0.25, 0.3) is 0 Å². The quantitative estimate of drug-likeness (QED) is 0.325. The zero-order valence-electron chi connectivity index (χ0n) is 16.2. The van der Waals surface area contributed by atoms with Gasteiger partial charge < -0.3 is 9.47 Å². The molecule has 4 heteroatoms. The first-order valence-electron chi connectivity index (χ1n) is 9.38. The summed E-state index contributed by atoms with van der Waals surface area (Å²) in [5.74, 6) is -0.671. The highest BCUT2D eigenvalue weighted by atomic mass is 16.5. The lowest BCUT2D eigenvalue weighted by Crippen LogP contribution is -2.09. The predicted molar refractivity (Wildman–Crippen MR) is 113 cm³/mol. The number of carbonyl (C=O) groups excluding carboxylic acids is 2. The van der Waals surface area contributed by atoms with Crippen molar-refractivity contribution in [3.63, 3.8) is 0 Å². The monoisotopic (exact) mass is 386 g/mol. The van der Waals surface area contributed by atoms with E-state index in [9.17, 15) is 9.59 Å². The van der Waals surface area contributed by atoms with Gasteiger partial charge >= 0.3 is 11.9 Å². The largest absolute Gasteiger partial charge is 0.462 e. The standard InChI is InChI=1S/C25H22O4/c1-19-10-12-21(13-11-19)14-15-24(26)29-23-9-5-8-22(18-23)25(27)28-17-16-20-6-3-2-4-7-20/h2-15,18H,16-17H2,1H3/b15-14+. The van der Waals surface area contributed by atoms with Crippen LogP contribution in [-0.2, 0) is 16.0 Å². The van der Waals surface area contributed by atoms with Gasteiger partial charge in [-0.2, -0.15) is 0 Å². The zero-order chi connectivity index (χ0) is 20.5. The van der Waals surface area contributed by atoms with Gasteiger partial charge in [0, 0.05) is 12.5 Å². The first kappa shape index (κ1) is 20.1. The Kier molecular flexibility index (Phi) is 6.95. The summed E-state index contributed by atoms with van der Waals surface area (Å²) in [6.45, 7) is 2.29. The second-order valence-electron chi connectivity index (χ2n) is 6.56. The Morgan fingerprint density at radius 2 is 1.66 bits per heavy atom. The van der Waals surface area contributed by atoms with Crippen molar-refractivity contribution in [2.75, 3.05) is 6.61 Å². The number of aryl methyl sites for hydroxylation is 1. The third kappa shape index (κ3) is 6.47. The maximum absolute atomic E-state index is 12.2. The molecule has 0 radical (unpaired) electrons. The first-order chi connectivity index (χ1) is 14.1. The van der Waals surface area contributed by atoms with Crippen LogP contribution in [0.1, 0.15) is 27.0 Å². The summed E-state index contributed by atoms with van der Waals surface area (Å²) in [6.07, 6.45) is 3.68. The van der Waals surface area contributed by atoms with Crippen LogP contribution in [0.4, 0.5) is 0 Å². The molecule has 0 atom stereocenters. The SMILES string of the molecule is Cc1ccc(/C=C/C(=O)Oc2cccc(C(=O)OCCc3ccccc3)c2)cc1. The molecule has 0 amide bonds. The van der Waals surface area contributed by atoms with E-state index in [4.69, 9.17) is 9.47 Å². The Morgan fingerprint density at radius 3 is 2.41 bits per heavy atom. The smallest absolute Gasteiger partial charge is 0.338 e. The summed E-state index contributed by atoms with van der Waals surface area (Å²) in [5, 5.41) is 0. The van der Waals surface area contributed by atoms with Crippen LogP contribution in [0.15, 0.2) is 84.9 Å². The molecule has 0 unspecified atom stereocenters. The van der Waals surface area contributed by atoms with Gasteiger partial charge in [0.15, 0.2) is 0 Å². The normalized spacial score (nSPS) is 10.7. The highest BCUT2D eigenvalue weighted by molar-refractivity contribution is 5.91. The summed E-state index contributed by atoms with van der Waals surface area (Å²) >= 11 is 0. The second-order valence-corrected chi connectivity index (χ2v) is 6.56. The molecule has 29 heavy (non-hydrogen) atoms. The number of ether oxygens (including phenoxy) is 2. The number of carbonyl (C=O) groups is 2. The summed E-state index contributed by atoms with van der Waals surface area (Å²) in [7, 11) is 0. The van der Waals surface area contributed by atoms with Crippen LogP contribution in [0.3, 0.4) is 0 Å². The molecule has 0 aliphatic heterocycles. The first-order valence-corrected chi connectivity index (χ1v) is 9.38. The fraction of sp³-hybridized carbons (Fsp3) is 0.120. The Labute approximate surface area is 170 Å². The van der Waals surface area contributed by atoms with Gasteiger partial charge in [0.1, 0.15) is 5.75 Å². The van der Waals surface area contributed by atoms with Gasteiger partial charge in [0.05, 0.1) is 12.2 Å². The number of benzene rings is 3. The van der Waals surface area contributed by atoms with Crippen LogP contribution >= 0.6 is 0 Å². The summed E-state index contributed by atoms with van der Waals surface area (Å²) in [4.78, 5) is 24.3. The molecule has 0 aromatic heterocycles. The molecule has 0 heterocycles. The molecule has 0 fully saturated rings. The number of esters is 2. The Bertz CT molecular complexity index is 989. The molecule has 4 nitrogen and oxygen atoms in total. The summed E-state index contributed by atoms with van der Waals surface area (Å²) in [5.41, 5.74) is 3.50. The van der Waals surface area contributed by atoms with Crippen molar-refractivity contribution >= 4 is 18.0 Å². The Morgan fingerprint density at radius 1 is 0.897 bits per heavy atom. The summed E-state index contributed by atoms with van der Waals surface area (Å²) in [6, 6.07) is 24.0. The molecule has 146 valence electrons. The molecule has 0 bridgehead atoms. The highest BCUT2D eigenvalue weighted by Gasteiger charge is 2.10. The zero-order valence-corrected chi connectivity index (χ0v) is 16.2. The summed E-state index contributed by atoms with van der Waals surface area (Å²) < 4.78 is 10.6. The molecular formula is C25H22O4. The molecular weight excluding hydrogens is 364 g/mol. The van der Waals surface area contributed by atoms with Crippen molar-refractivity contribution in [2.45, 2.75) is 13.3 Å². The maximum Gasteiger partial charge on any atom is 0.338 e. The molecule has 0 aliphatic rings. The van der Waals surface area contributed by atoms with Gasteiger partial charge in [0.2, 0.25) is 0 Å². The minimum Gasteiger partial charge on any atom is -0.462 e. The number of hydrogen-bond acceptors (Lipinski definition) is 4. The molecule has 3 aromatic rings. The predicted octanol–water partition coefficient (Wildman–Crippen LogP) is 5.01. The molecule has 0 saturated carbocycles. The van der Waals surface area contributed by atoms with Crippen molar-refractivity contribution in [3.8, 4) is 5.75 Å². The van der Waals surface area contributed by atoms with E-state index in [1.165, 1.54) is 12.1 Å². The molecule has 0 spiro atoms. The molecule has 3 rings (SSSR count). The minimum atomic E-state index is -0.514. The molecule has 3 aromatic carbocycles. The number of hydrogen-bond donors (Lipinski definition) is 0. The highest BCUT2D eigenvalue weighted by Crippen LogP contribution is 2.15. The van der Waals surface area contributed by atoms with Crippen LogP contribution in [-0.4, -0.2) is 18.5 Å². The number of rotatable bonds is 7. The van der Waals surface area contributed by atoms with E-state index >= 15 is 0 Å². The van der Waals surface area contributed by atoms with E-state index in [1.54, 1.807) is 24.3 Å². The van der Waals surface area contributed by atoms with E-state index in [2.05, 4.69) is 0 Å². The lowest BCUT2D eigenvalue weighted by molar-refractivity contribution is -0.128. The van der Waals surface area contributed by atoms with Crippen LogP contribution in [0.5, 0.6) is 5.75 Å². The van der Waals surface area contributed by atoms with Crippen molar-refractivity contribution in [1.82, 2.24) is 0 Å². The van der Waals surface area contributed by atoms with Crippen molar-refractivity contribution in [3.05, 3.63) is 107 Å². The third-order valence-corrected chi connectivity index (χ3v) is 4.24. The molecule has 0 aliphatic carbocycles. The Balaban J connectivity index is 1.53. The fourth-order valence-electron chi connectivity index (χ4n) is 2.67. The average molecular weight is 386 g/mol. The average Bonchev–Trinajstić information content (AvgIpc) is 2.74. The van der Waals surface area contributed by atoms with Crippen LogP contribution < -0.4 is 4.74 Å². The lowest BCUT2D eigenvalue weighted by atomic mass is 10.1. The van der Waals surface area contributed by atoms with Crippen molar-refractivity contribution < 1.29 is 19.1 Å². The van der Waals surface area contributed by atoms with Crippen LogP contribution in [0, 0.1) is 6.92 Å². The van der Waals surface area contributed by atoms with Crippen LogP contribution in [0.2, 0.25) is 0 Å². The van der Waals surface area contributed by atoms with E-state index in [1.807, 2.05) is 61.5 Å². The maximum atomic E-state index is 12.2. The van der Waals surface area contributed by atoms with E-state index in [0.717, 1.165) is 16.7 Å². The van der Waals surface area contributed by atoms with Gasteiger partial charge in [-0.1, -0.05) is 66.2 Å². The molecule has 0 saturated heterocycles. The van der Waals surface area contributed by atoms with Gasteiger partial charge in [-0.15, -0.1) is 0 Å². The van der Waals surface area contributed by atoms with Gasteiger partial charge in [-0.05, 0) is 42.3 Å². The van der Waals surface area contributed by atoms with Gasteiger partial charge in [-0.25, -0.2) is 9.59 Å². The topological polar surface area (TPSA) is 52.6 Å². The minimum absolute atomic E-state index is 0.284. The van der Waals surface area contributed by atoms with E-state index < -0.39 is 11.9 Å². The van der Waals surface area contributed by atoms with E-state index in [0.29, 0.717) is 17.7 Å². The van der Waals surface area contributed by atoms with Crippen molar-refractivity contribution in [1.29, 1.82) is 0 Å². The second kappa shape index (κ2) is 10.0. The van der Waals surface area contributed by atoms with Crippen LogP contribution in [0.25, 0.3) is 6.08 Å². The van der Waals surface area contributed by atoms with Gasteiger partial charge in [-0.3, -0.25) is 0 Å². The van der Waals surface area contributed by atoms with E-state index in [-0.39, 0.29) is 6.61 Å². The molecule has 0 N–H and O–H groups in total.